The standard InChI is InChI=1S/C22H36N4O3S/c1-5-23-21(26-10-12-30(27,28)22(3,4)17-26)24-14-19-7-6-8-20(13-19)16-25-9-11-29-18(2)15-25/h6-8,13,18H,5,9-12,14-17H2,1-4H3,(H,23,24). The number of aliphatic imine (C=N–C) groups is 1. The van der Waals surface area contributed by atoms with Gasteiger partial charge in [0.15, 0.2) is 15.8 Å². The van der Waals surface area contributed by atoms with E-state index < -0.39 is 14.6 Å². The largest absolute Gasteiger partial charge is 0.376 e. The number of nitrogens with one attached hydrogen (secondary N) is 1. The molecule has 1 aromatic carbocycles. The molecular formula is C22H36N4O3S. The second-order valence-corrected chi connectivity index (χ2v) is 11.6. The van der Waals surface area contributed by atoms with Gasteiger partial charge in [-0.05, 0) is 38.8 Å². The van der Waals surface area contributed by atoms with Gasteiger partial charge in [0.2, 0.25) is 0 Å². The highest BCUT2D eigenvalue weighted by Gasteiger charge is 2.40. The van der Waals surface area contributed by atoms with Crippen molar-refractivity contribution in [1.82, 2.24) is 15.1 Å². The zero-order valence-electron chi connectivity index (χ0n) is 18.7. The van der Waals surface area contributed by atoms with Gasteiger partial charge in [0, 0.05) is 39.3 Å². The lowest BCUT2D eigenvalue weighted by molar-refractivity contribution is -0.0212. The smallest absolute Gasteiger partial charge is 0.194 e. The lowest BCUT2D eigenvalue weighted by Gasteiger charge is -2.39. The molecule has 1 N–H and O–H groups in total. The monoisotopic (exact) mass is 436 g/mol. The van der Waals surface area contributed by atoms with Crippen LogP contribution in [-0.2, 0) is 27.7 Å². The van der Waals surface area contributed by atoms with Crippen LogP contribution >= 0.6 is 0 Å². The summed E-state index contributed by atoms with van der Waals surface area (Å²) >= 11 is 0. The summed E-state index contributed by atoms with van der Waals surface area (Å²) in [5.41, 5.74) is 2.44. The van der Waals surface area contributed by atoms with Gasteiger partial charge in [0.25, 0.3) is 0 Å². The molecular weight excluding hydrogens is 400 g/mol. The first-order valence-corrected chi connectivity index (χ1v) is 12.5. The van der Waals surface area contributed by atoms with E-state index >= 15 is 0 Å². The van der Waals surface area contributed by atoms with Crippen LogP contribution in [0.4, 0.5) is 0 Å². The third-order valence-electron chi connectivity index (χ3n) is 5.81. The molecule has 0 aromatic heterocycles. The van der Waals surface area contributed by atoms with Crippen LogP contribution in [0.2, 0.25) is 0 Å². The second-order valence-electron chi connectivity index (χ2n) is 8.91. The van der Waals surface area contributed by atoms with Crippen LogP contribution in [0.25, 0.3) is 0 Å². The first-order chi connectivity index (χ1) is 14.2. The Morgan fingerprint density at radius 2 is 2.07 bits per heavy atom. The van der Waals surface area contributed by atoms with Gasteiger partial charge < -0.3 is 15.0 Å². The average molecular weight is 437 g/mol. The molecule has 0 saturated carbocycles. The van der Waals surface area contributed by atoms with Crippen LogP contribution in [0.15, 0.2) is 29.3 Å². The number of benzene rings is 1. The van der Waals surface area contributed by atoms with E-state index in [1.165, 1.54) is 5.56 Å². The van der Waals surface area contributed by atoms with Crippen molar-refractivity contribution in [3.8, 4) is 0 Å². The summed E-state index contributed by atoms with van der Waals surface area (Å²) < 4.78 is 29.5. The highest BCUT2D eigenvalue weighted by atomic mass is 32.2. The molecule has 1 atom stereocenters. The van der Waals surface area contributed by atoms with Crippen LogP contribution in [0.1, 0.15) is 38.8 Å². The molecule has 168 valence electrons. The Morgan fingerprint density at radius 1 is 1.30 bits per heavy atom. The Morgan fingerprint density at radius 3 is 2.77 bits per heavy atom. The van der Waals surface area contributed by atoms with E-state index in [-0.39, 0.29) is 11.9 Å². The van der Waals surface area contributed by atoms with Gasteiger partial charge in [0.1, 0.15) is 0 Å². The maximum Gasteiger partial charge on any atom is 0.194 e. The van der Waals surface area contributed by atoms with Gasteiger partial charge in [-0.2, -0.15) is 0 Å². The zero-order chi connectivity index (χ0) is 21.8. The number of ether oxygens (including phenoxy) is 1. The van der Waals surface area contributed by atoms with Crippen molar-refractivity contribution in [1.29, 1.82) is 0 Å². The first kappa shape index (κ1) is 23.0. The van der Waals surface area contributed by atoms with Crippen molar-refractivity contribution < 1.29 is 13.2 Å². The van der Waals surface area contributed by atoms with Crippen LogP contribution in [0.3, 0.4) is 0 Å². The number of guanidine groups is 1. The number of nitrogens with zero attached hydrogens (tertiary/aromatic N) is 3. The Balaban J connectivity index is 1.68. The van der Waals surface area contributed by atoms with Crippen molar-refractivity contribution in [2.24, 2.45) is 4.99 Å². The number of hydrogen-bond donors (Lipinski definition) is 1. The van der Waals surface area contributed by atoms with Crippen LogP contribution in [-0.4, -0.2) is 80.1 Å². The van der Waals surface area contributed by atoms with Crippen molar-refractivity contribution in [2.75, 3.05) is 45.1 Å². The van der Waals surface area contributed by atoms with Crippen LogP contribution < -0.4 is 5.32 Å². The number of hydrogen-bond acceptors (Lipinski definition) is 5. The van der Waals surface area contributed by atoms with Crippen LogP contribution in [0.5, 0.6) is 0 Å². The summed E-state index contributed by atoms with van der Waals surface area (Å²) in [6, 6.07) is 8.57. The van der Waals surface area contributed by atoms with E-state index in [0.29, 0.717) is 19.6 Å². The molecule has 0 spiro atoms. The van der Waals surface area contributed by atoms with Gasteiger partial charge in [0.05, 0.1) is 29.8 Å². The van der Waals surface area contributed by atoms with Gasteiger partial charge in [-0.15, -0.1) is 0 Å². The van der Waals surface area contributed by atoms with Gasteiger partial charge in [-0.1, -0.05) is 24.3 Å². The van der Waals surface area contributed by atoms with E-state index in [1.54, 1.807) is 13.8 Å². The van der Waals surface area contributed by atoms with Gasteiger partial charge in [-0.25, -0.2) is 13.4 Å². The Hall–Kier alpha value is -1.64. The van der Waals surface area contributed by atoms with Crippen molar-refractivity contribution >= 4 is 15.8 Å². The number of rotatable bonds is 5. The predicted molar refractivity (Wildman–Crippen MR) is 121 cm³/mol. The summed E-state index contributed by atoms with van der Waals surface area (Å²) in [7, 11) is -3.07. The maximum absolute atomic E-state index is 12.3. The number of sulfone groups is 1. The first-order valence-electron chi connectivity index (χ1n) is 10.9. The van der Waals surface area contributed by atoms with E-state index in [9.17, 15) is 8.42 Å². The molecule has 7 nitrogen and oxygen atoms in total. The minimum Gasteiger partial charge on any atom is -0.376 e. The van der Waals surface area contributed by atoms with E-state index in [0.717, 1.165) is 44.3 Å². The van der Waals surface area contributed by atoms with Crippen molar-refractivity contribution in [3.05, 3.63) is 35.4 Å². The minimum atomic E-state index is -3.07. The zero-order valence-corrected chi connectivity index (χ0v) is 19.5. The summed E-state index contributed by atoms with van der Waals surface area (Å²) in [6.07, 6.45) is 0.284. The fourth-order valence-corrected chi connectivity index (χ4v) is 5.40. The number of morpholine rings is 1. The molecule has 0 aliphatic carbocycles. The lowest BCUT2D eigenvalue weighted by atomic mass is 10.1. The Labute approximate surface area is 181 Å². The summed E-state index contributed by atoms with van der Waals surface area (Å²) in [5, 5.41) is 3.33. The fourth-order valence-electron chi connectivity index (χ4n) is 4.04. The molecule has 2 aliphatic rings. The van der Waals surface area contributed by atoms with Crippen LogP contribution in [0, 0.1) is 0 Å². The fraction of sp³-hybridized carbons (Fsp3) is 0.682. The van der Waals surface area contributed by atoms with E-state index in [2.05, 4.69) is 46.3 Å². The maximum atomic E-state index is 12.3. The minimum absolute atomic E-state index is 0.165. The molecule has 2 fully saturated rings. The molecule has 0 amide bonds. The highest BCUT2D eigenvalue weighted by molar-refractivity contribution is 7.92. The molecule has 1 unspecified atom stereocenters. The topological polar surface area (TPSA) is 74.2 Å². The molecule has 1 aromatic rings. The quantitative estimate of drug-likeness (QED) is 0.561. The highest BCUT2D eigenvalue weighted by Crippen LogP contribution is 2.24. The molecule has 30 heavy (non-hydrogen) atoms. The molecule has 8 heteroatoms. The van der Waals surface area contributed by atoms with Gasteiger partial charge in [-0.3, -0.25) is 4.90 Å². The predicted octanol–water partition coefficient (Wildman–Crippen LogP) is 1.88. The van der Waals surface area contributed by atoms with Crippen molar-refractivity contribution in [2.45, 2.75) is 51.6 Å². The summed E-state index contributed by atoms with van der Waals surface area (Å²) in [5.74, 6) is 0.950. The second kappa shape index (κ2) is 9.66. The third kappa shape index (κ3) is 5.74. The summed E-state index contributed by atoms with van der Waals surface area (Å²) in [4.78, 5) is 9.32. The third-order valence-corrected chi connectivity index (χ3v) is 8.35. The molecule has 2 heterocycles. The van der Waals surface area contributed by atoms with E-state index in [1.807, 2.05) is 6.92 Å². The Bertz CT molecular complexity index is 854. The SMILES string of the molecule is CCNC(=NCc1cccc(CN2CCOC(C)C2)c1)N1CCS(=O)(=O)C(C)(C)C1. The average Bonchev–Trinajstić information content (AvgIpc) is 2.68. The summed E-state index contributed by atoms with van der Waals surface area (Å²) in [6.45, 7) is 13.6. The van der Waals surface area contributed by atoms with Gasteiger partial charge >= 0.3 is 0 Å². The molecule has 2 saturated heterocycles. The van der Waals surface area contributed by atoms with Crippen molar-refractivity contribution in [3.63, 3.8) is 0 Å². The molecule has 0 radical (unpaired) electrons. The van der Waals surface area contributed by atoms with E-state index in [4.69, 9.17) is 9.73 Å². The molecule has 3 rings (SSSR count). The normalized spacial score (nSPS) is 24.6. The molecule has 0 bridgehead atoms. The lowest BCUT2D eigenvalue weighted by Crippen LogP contribution is -2.57. The molecule has 2 aliphatic heterocycles. The Kier molecular flexibility index (Phi) is 7.42.